The van der Waals surface area contributed by atoms with Gasteiger partial charge in [-0.1, -0.05) is 47.1 Å². The van der Waals surface area contributed by atoms with E-state index < -0.39 is 0 Å². The van der Waals surface area contributed by atoms with Crippen molar-refractivity contribution in [1.29, 1.82) is 0 Å². The van der Waals surface area contributed by atoms with Crippen molar-refractivity contribution in [3.63, 3.8) is 0 Å². The number of amides is 1. The summed E-state index contributed by atoms with van der Waals surface area (Å²) >= 11 is 13.5. The van der Waals surface area contributed by atoms with Gasteiger partial charge in [0.05, 0.1) is 5.75 Å². The number of hydrogen-bond donors (Lipinski definition) is 1. The predicted octanol–water partition coefficient (Wildman–Crippen LogP) is 5.70. The number of ether oxygens (including phenoxy) is 1. The molecule has 1 heterocycles. The average molecular weight is 477 g/mol. The highest BCUT2D eigenvalue weighted by Gasteiger charge is 2.15. The molecule has 31 heavy (non-hydrogen) atoms. The number of carbonyl (C=O) groups is 1. The number of rotatable bonds is 9. The first-order valence-corrected chi connectivity index (χ1v) is 11.2. The third-order valence-electron chi connectivity index (χ3n) is 4.32. The first-order valence-electron chi connectivity index (χ1n) is 9.48. The zero-order valence-electron chi connectivity index (χ0n) is 17.2. The molecule has 0 aliphatic heterocycles. The van der Waals surface area contributed by atoms with Gasteiger partial charge < -0.3 is 10.1 Å². The predicted molar refractivity (Wildman–Crippen MR) is 126 cm³/mol. The maximum Gasteiger partial charge on any atom is 0.234 e. The van der Waals surface area contributed by atoms with E-state index in [1.54, 1.807) is 30.3 Å². The van der Waals surface area contributed by atoms with Gasteiger partial charge in [0.1, 0.15) is 12.4 Å². The number of anilines is 1. The van der Waals surface area contributed by atoms with Gasteiger partial charge in [-0.2, -0.15) is 0 Å². The molecule has 0 radical (unpaired) electrons. The summed E-state index contributed by atoms with van der Waals surface area (Å²) in [6.07, 6.45) is 1.75. The number of thioether (sulfide) groups is 1. The molecular formula is C22H22Cl2N4O2S. The summed E-state index contributed by atoms with van der Waals surface area (Å²) in [5.41, 5.74) is 2.55. The highest BCUT2D eigenvalue weighted by atomic mass is 35.5. The van der Waals surface area contributed by atoms with E-state index >= 15 is 0 Å². The molecule has 0 saturated carbocycles. The van der Waals surface area contributed by atoms with E-state index in [1.807, 2.05) is 30.5 Å². The van der Waals surface area contributed by atoms with Crippen molar-refractivity contribution in [2.24, 2.45) is 0 Å². The molecule has 0 unspecified atom stereocenters. The lowest BCUT2D eigenvalue weighted by atomic mass is 10.1. The second-order valence-corrected chi connectivity index (χ2v) is 8.56. The van der Waals surface area contributed by atoms with Crippen molar-refractivity contribution >= 4 is 46.6 Å². The van der Waals surface area contributed by atoms with Crippen LogP contribution in [0.2, 0.25) is 10.0 Å². The molecule has 0 aliphatic carbocycles. The van der Waals surface area contributed by atoms with Crippen LogP contribution in [0.1, 0.15) is 17.0 Å². The Morgan fingerprint density at radius 3 is 2.65 bits per heavy atom. The molecule has 1 amide bonds. The Morgan fingerprint density at radius 2 is 1.97 bits per heavy atom. The van der Waals surface area contributed by atoms with Crippen molar-refractivity contribution in [3.05, 3.63) is 76.0 Å². The molecule has 1 N–H and O–H groups in total. The third-order valence-corrected chi connectivity index (χ3v) is 6.12. The summed E-state index contributed by atoms with van der Waals surface area (Å²) in [5.74, 6) is 1.37. The number of benzene rings is 2. The van der Waals surface area contributed by atoms with Gasteiger partial charge >= 0.3 is 0 Å². The monoisotopic (exact) mass is 476 g/mol. The van der Waals surface area contributed by atoms with Gasteiger partial charge in [-0.05, 0) is 55.3 Å². The zero-order valence-corrected chi connectivity index (χ0v) is 19.5. The van der Waals surface area contributed by atoms with E-state index in [1.165, 1.54) is 11.8 Å². The van der Waals surface area contributed by atoms with Gasteiger partial charge in [0, 0.05) is 22.3 Å². The van der Waals surface area contributed by atoms with Crippen LogP contribution in [0.4, 0.5) is 5.69 Å². The molecule has 2 aromatic carbocycles. The fourth-order valence-corrected chi connectivity index (χ4v) is 3.94. The minimum Gasteiger partial charge on any atom is -0.486 e. The molecule has 0 bridgehead atoms. The van der Waals surface area contributed by atoms with Gasteiger partial charge in [-0.3, -0.25) is 9.36 Å². The molecule has 0 aliphatic rings. The van der Waals surface area contributed by atoms with Gasteiger partial charge in [0.2, 0.25) is 5.91 Å². The summed E-state index contributed by atoms with van der Waals surface area (Å²) < 4.78 is 7.78. The van der Waals surface area contributed by atoms with Crippen molar-refractivity contribution in [2.45, 2.75) is 32.2 Å². The molecule has 9 heteroatoms. The molecule has 162 valence electrons. The minimum atomic E-state index is -0.162. The highest BCUT2D eigenvalue weighted by Crippen LogP contribution is 2.27. The minimum absolute atomic E-state index is 0.162. The average Bonchev–Trinajstić information content (AvgIpc) is 3.11. The maximum absolute atomic E-state index is 12.3. The second-order valence-electron chi connectivity index (χ2n) is 6.81. The van der Waals surface area contributed by atoms with Crippen LogP contribution >= 0.6 is 35.0 Å². The molecule has 3 rings (SSSR count). The van der Waals surface area contributed by atoms with E-state index in [0.29, 0.717) is 34.0 Å². The lowest BCUT2D eigenvalue weighted by Crippen LogP contribution is -2.15. The molecule has 1 aromatic heterocycles. The Kier molecular flexibility index (Phi) is 8.01. The number of aryl methyl sites for hydroxylation is 2. The van der Waals surface area contributed by atoms with E-state index in [0.717, 1.165) is 16.1 Å². The Balaban J connectivity index is 1.64. The van der Waals surface area contributed by atoms with Crippen LogP contribution in [-0.2, 0) is 17.9 Å². The Labute approximate surface area is 195 Å². The van der Waals surface area contributed by atoms with Crippen LogP contribution in [0.5, 0.6) is 5.75 Å². The SMILES string of the molecule is C=CCn1c(COc2cc(C)c(Cl)c(C)c2)nnc1SCC(=O)Nc1cccc(Cl)c1. The third kappa shape index (κ3) is 6.26. The summed E-state index contributed by atoms with van der Waals surface area (Å²) in [7, 11) is 0. The fraction of sp³-hybridized carbons (Fsp3) is 0.227. The molecule has 0 spiro atoms. The molecule has 3 aromatic rings. The molecule has 6 nitrogen and oxygen atoms in total. The van der Waals surface area contributed by atoms with E-state index in [-0.39, 0.29) is 18.3 Å². The molecule has 0 fully saturated rings. The first-order chi connectivity index (χ1) is 14.9. The Bertz CT molecular complexity index is 1080. The van der Waals surface area contributed by atoms with E-state index in [2.05, 4.69) is 22.1 Å². The highest BCUT2D eigenvalue weighted by molar-refractivity contribution is 7.99. The standard InChI is InChI=1S/C22H22Cl2N4O2S/c1-4-8-28-19(12-30-18-9-14(2)21(24)15(3)10-18)26-27-22(28)31-13-20(29)25-17-7-5-6-16(23)11-17/h4-7,9-11H,1,8,12-13H2,2-3H3,(H,25,29). The summed E-state index contributed by atoms with van der Waals surface area (Å²) in [6, 6.07) is 10.8. The van der Waals surface area contributed by atoms with Crippen LogP contribution in [0, 0.1) is 13.8 Å². The molecular weight excluding hydrogens is 455 g/mol. The smallest absolute Gasteiger partial charge is 0.234 e. The molecule has 0 saturated heterocycles. The number of nitrogens with zero attached hydrogens (tertiary/aromatic N) is 3. The van der Waals surface area contributed by atoms with Crippen LogP contribution in [0.25, 0.3) is 0 Å². The number of allylic oxidation sites excluding steroid dienone is 1. The van der Waals surface area contributed by atoms with Gasteiger partial charge in [-0.15, -0.1) is 16.8 Å². The summed E-state index contributed by atoms with van der Waals surface area (Å²) in [5, 5.41) is 13.2. The Morgan fingerprint density at radius 1 is 1.23 bits per heavy atom. The topological polar surface area (TPSA) is 69.0 Å². The van der Waals surface area contributed by atoms with Gasteiger partial charge in [0.15, 0.2) is 11.0 Å². The van der Waals surface area contributed by atoms with Crippen molar-refractivity contribution in [3.8, 4) is 5.75 Å². The van der Waals surface area contributed by atoms with Crippen LogP contribution in [-0.4, -0.2) is 26.4 Å². The quantitative estimate of drug-likeness (QED) is 0.316. The zero-order chi connectivity index (χ0) is 22.4. The fourth-order valence-electron chi connectivity index (χ4n) is 2.88. The van der Waals surface area contributed by atoms with Crippen LogP contribution in [0.15, 0.2) is 54.2 Å². The molecule has 0 atom stereocenters. The van der Waals surface area contributed by atoms with Crippen molar-refractivity contribution < 1.29 is 9.53 Å². The van der Waals surface area contributed by atoms with E-state index in [9.17, 15) is 4.79 Å². The Hall–Kier alpha value is -2.48. The van der Waals surface area contributed by atoms with Crippen LogP contribution in [0.3, 0.4) is 0 Å². The normalized spacial score (nSPS) is 10.7. The van der Waals surface area contributed by atoms with E-state index in [4.69, 9.17) is 27.9 Å². The summed E-state index contributed by atoms with van der Waals surface area (Å²) in [6.45, 7) is 8.40. The lowest BCUT2D eigenvalue weighted by Gasteiger charge is -2.11. The number of nitrogens with one attached hydrogen (secondary N) is 1. The maximum atomic E-state index is 12.3. The van der Waals surface area contributed by atoms with Crippen LogP contribution < -0.4 is 10.1 Å². The number of halogens is 2. The number of hydrogen-bond acceptors (Lipinski definition) is 5. The second kappa shape index (κ2) is 10.7. The lowest BCUT2D eigenvalue weighted by molar-refractivity contribution is -0.113. The first kappa shape index (κ1) is 23.2. The van der Waals surface area contributed by atoms with Crippen molar-refractivity contribution in [1.82, 2.24) is 14.8 Å². The number of aromatic nitrogens is 3. The van der Waals surface area contributed by atoms with Gasteiger partial charge in [0.25, 0.3) is 0 Å². The largest absolute Gasteiger partial charge is 0.486 e. The summed E-state index contributed by atoms with van der Waals surface area (Å²) in [4.78, 5) is 12.3. The van der Waals surface area contributed by atoms with Crippen molar-refractivity contribution in [2.75, 3.05) is 11.1 Å². The van der Waals surface area contributed by atoms with Gasteiger partial charge in [-0.25, -0.2) is 0 Å². The number of carbonyl (C=O) groups excluding carboxylic acids is 1.